The van der Waals surface area contributed by atoms with Crippen molar-refractivity contribution in [3.8, 4) is 0 Å². The zero-order chi connectivity index (χ0) is 62.0. The average molecular weight is 1280 g/mol. The summed E-state index contributed by atoms with van der Waals surface area (Å²) in [5.74, 6) is 0.427. The molecular weight excluding hydrogens is 1180 g/mol. The molecule has 4 rings (SSSR count). The van der Waals surface area contributed by atoms with Crippen LogP contribution >= 0.6 is 24.4 Å². The minimum atomic E-state index is -2.02. The minimum absolute atomic E-state index is 0.0606. The van der Waals surface area contributed by atoms with E-state index in [4.69, 9.17) is 85.3 Å². The highest BCUT2D eigenvalue weighted by atomic mass is 32.2. The summed E-state index contributed by atoms with van der Waals surface area (Å²) in [7, 11) is 3.08. The van der Waals surface area contributed by atoms with Crippen LogP contribution in [-0.2, 0) is 90.1 Å². The van der Waals surface area contributed by atoms with Gasteiger partial charge in [-0.15, -0.1) is 0 Å². The number of nitrogens with zero attached hydrogens (tertiary/aromatic N) is 1. The van der Waals surface area contributed by atoms with Gasteiger partial charge in [-0.1, -0.05) is 0 Å². The van der Waals surface area contributed by atoms with Gasteiger partial charge in [-0.2, -0.15) is 24.4 Å². The van der Waals surface area contributed by atoms with Gasteiger partial charge >= 0.3 is 0 Å². The van der Waals surface area contributed by atoms with E-state index in [0.717, 1.165) is 30.1 Å². The first-order chi connectivity index (χ1) is 41.0. The first-order valence-electron chi connectivity index (χ1n) is 28.8. The number of amides is 1. The van der Waals surface area contributed by atoms with Crippen molar-refractivity contribution in [1.82, 2.24) is 4.90 Å². The fourth-order valence-electron chi connectivity index (χ4n) is 8.69. The summed E-state index contributed by atoms with van der Waals surface area (Å²) < 4.78 is 102. The van der Waals surface area contributed by atoms with Crippen LogP contribution in [0, 0.1) is 0 Å². The smallest absolute Gasteiger partial charge is 0.282 e. The third-order valence-electron chi connectivity index (χ3n) is 13.4. The van der Waals surface area contributed by atoms with Crippen molar-refractivity contribution in [3.63, 3.8) is 0 Å². The molecule has 0 bridgehead atoms. The lowest BCUT2D eigenvalue weighted by molar-refractivity contribution is -0.382. The Hall–Kier alpha value is -0.990. The van der Waals surface area contributed by atoms with E-state index in [9.17, 15) is 61.0 Å². The van der Waals surface area contributed by atoms with E-state index in [1.165, 1.54) is 11.8 Å². The Bertz CT molecular complexity index is 1690. The number of hydrogen-bond donors (Lipinski definition) is 12. The summed E-state index contributed by atoms with van der Waals surface area (Å²) >= 11 is 5.89. The number of aliphatic hydroxyl groups excluding tert-OH is 11. The lowest BCUT2D eigenvalue weighted by Gasteiger charge is -2.48. The predicted molar refractivity (Wildman–Crippen MR) is 296 cm³/mol. The Labute approximate surface area is 505 Å². The normalized spacial score (nSPS) is 32.6. The van der Waals surface area contributed by atoms with E-state index in [1.54, 1.807) is 25.9 Å². The lowest BCUT2D eigenvalue weighted by atomic mass is 9.96. The van der Waals surface area contributed by atoms with Crippen molar-refractivity contribution < 1.29 is 146 Å². The second kappa shape index (κ2) is 43.7. The van der Waals surface area contributed by atoms with Gasteiger partial charge in [0.2, 0.25) is 5.79 Å². The second-order valence-electron chi connectivity index (χ2n) is 20.3. The number of rotatable bonds is 47. The Kier molecular flexibility index (Phi) is 39.3. The van der Waals surface area contributed by atoms with Gasteiger partial charge in [-0.3, -0.25) is 4.79 Å². The number of likely N-dealkylation sites (N-methyl/N-ethyl adjacent to an activating group) is 1. The number of thiol groups is 1. The van der Waals surface area contributed by atoms with Crippen LogP contribution in [0.1, 0.15) is 32.6 Å². The molecule has 0 saturated carbocycles. The standard InChI is InChI=1S/C52H97NO30S2/c1-52(51(65)53(2)3)76-10-6-38(83-52)75-32-33(31-73-22-21-71-18-17-69-14-13-68-15-16-70-19-20-72-23-24-74-37(57)7-27-85-26-5-9-67-12-11-66-8-4-25-84)77-48-44(63)41(60)46(35(29-55)79-48)82-50-45(64)42(61)47(36(30-56)80-50)81-49-43(62)40(59)39(58)34(28-54)78-49/h33-50,54-64,84H,4-32H2,1-3H3/t33?,34-,35-,36-,37?,38+,39+,40+,41-,42-,43-,44-,45-,46-,47+,48-,49-,50+,52+/m1/s1. The zero-order valence-corrected chi connectivity index (χ0v) is 50.6. The molecule has 502 valence electrons. The van der Waals surface area contributed by atoms with Gasteiger partial charge in [-0.05, 0) is 37.0 Å². The SMILES string of the molecule is CN(C)C(=O)[C@@]1(C)OCC[C@@H](OCC(COCCOCCOCCOCCOCCOCCOC(O)CCSCCCOCCOCCCS)O[C@@H]2O[C@H](CO)[C@@H](O[C@@H]3O[C@H](CO)[C@H](O[C@H]4O[C@H](CO)[C@H](O)[C@H](O)[C@H]4O)[C@H](O)[C@H]3O)[C@H](O)[C@H]2O)O1. The Morgan fingerprint density at radius 3 is 1.55 bits per heavy atom. The lowest BCUT2D eigenvalue weighted by Crippen LogP contribution is -2.66. The number of carbonyl (C=O) groups excluding carboxylic acids is 1. The average Bonchev–Trinajstić information content (AvgIpc) is 3.65. The number of carbonyl (C=O) groups is 1. The van der Waals surface area contributed by atoms with Crippen molar-refractivity contribution in [3.05, 3.63) is 0 Å². The maximum atomic E-state index is 12.9. The van der Waals surface area contributed by atoms with Crippen LogP contribution in [0.4, 0.5) is 0 Å². The largest absolute Gasteiger partial charge is 0.394 e. The molecule has 19 atom stereocenters. The predicted octanol–water partition coefficient (Wildman–Crippen LogP) is -5.30. The monoisotopic (exact) mass is 1280 g/mol. The molecule has 0 spiro atoms. The maximum Gasteiger partial charge on any atom is 0.282 e. The fraction of sp³-hybridized carbons (Fsp3) is 0.981. The molecule has 0 aromatic rings. The van der Waals surface area contributed by atoms with Gasteiger partial charge in [0, 0.05) is 40.2 Å². The van der Waals surface area contributed by atoms with Gasteiger partial charge in [-0.25, -0.2) is 0 Å². The van der Waals surface area contributed by atoms with Crippen LogP contribution in [-0.4, -0.2) is 360 Å². The molecular formula is C52H97NO30S2. The van der Waals surface area contributed by atoms with Crippen LogP contribution in [0.15, 0.2) is 0 Å². The first-order valence-corrected chi connectivity index (χ1v) is 30.6. The summed E-state index contributed by atoms with van der Waals surface area (Å²) in [5, 5.41) is 116. The molecule has 0 aromatic heterocycles. The molecule has 33 heteroatoms. The summed E-state index contributed by atoms with van der Waals surface area (Å²) in [5.41, 5.74) is 0. The minimum Gasteiger partial charge on any atom is -0.394 e. The fourth-order valence-corrected chi connectivity index (χ4v) is 9.72. The molecule has 85 heavy (non-hydrogen) atoms. The first kappa shape index (κ1) is 76.5. The summed E-state index contributed by atoms with van der Waals surface area (Å²) in [4.78, 5) is 14.2. The van der Waals surface area contributed by atoms with Crippen LogP contribution in [0.2, 0.25) is 0 Å². The molecule has 0 aromatic carbocycles. The summed E-state index contributed by atoms with van der Waals surface area (Å²) in [6.07, 6.45) is -26.5. The van der Waals surface area contributed by atoms with Crippen molar-refractivity contribution in [2.24, 2.45) is 0 Å². The maximum absolute atomic E-state index is 12.9. The highest BCUT2D eigenvalue weighted by Gasteiger charge is 2.54. The highest BCUT2D eigenvalue weighted by Crippen LogP contribution is 2.33. The van der Waals surface area contributed by atoms with E-state index in [0.29, 0.717) is 79.1 Å². The quantitative estimate of drug-likeness (QED) is 0.0154. The molecule has 4 aliphatic heterocycles. The van der Waals surface area contributed by atoms with Gasteiger partial charge in [0.15, 0.2) is 31.5 Å². The summed E-state index contributed by atoms with van der Waals surface area (Å²) in [6.45, 7) is 4.59. The number of thioether (sulfide) groups is 1. The van der Waals surface area contributed by atoms with Crippen molar-refractivity contribution in [1.29, 1.82) is 0 Å². The highest BCUT2D eigenvalue weighted by molar-refractivity contribution is 7.99. The van der Waals surface area contributed by atoms with E-state index < -0.39 is 142 Å². The third kappa shape index (κ3) is 27.4. The van der Waals surface area contributed by atoms with Gasteiger partial charge < -0.3 is 146 Å². The van der Waals surface area contributed by atoms with Crippen LogP contribution in [0.3, 0.4) is 0 Å². The molecule has 11 N–H and O–H groups in total. The third-order valence-corrected chi connectivity index (χ3v) is 14.8. The Morgan fingerprint density at radius 2 is 1.04 bits per heavy atom. The van der Waals surface area contributed by atoms with Gasteiger partial charge in [0.05, 0.1) is 132 Å². The van der Waals surface area contributed by atoms with Crippen molar-refractivity contribution in [2.45, 2.75) is 149 Å². The van der Waals surface area contributed by atoms with Gasteiger partial charge in [0.1, 0.15) is 79.4 Å². The molecule has 4 heterocycles. The molecule has 31 nitrogen and oxygen atoms in total. The van der Waals surface area contributed by atoms with Crippen LogP contribution in [0.25, 0.3) is 0 Å². The van der Waals surface area contributed by atoms with Crippen LogP contribution in [0.5, 0.6) is 0 Å². The topological polar surface area (TPSA) is 409 Å². The Morgan fingerprint density at radius 1 is 0.576 bits per heavy atom. The van der Waals surface area contributed by atoms with Crippen LogP contribution < -0.4 is 0 Å². The molecule has 1 amide bonds. The van der Waals surface area contributed by atoms with Crippen molar-refractivity contribution >= 4 is 30.3 Å². The molecule has 0 radical (unpaired) electrons. The van der Waals surface area contributed by atoms with E-state index in [-0.39, 0.29) is 59.3 Å². The number of hydrogen-bond acceptors (Lipinski definition) is 32. The number of aliphatic hydroxyl groups is 11. The number of ether oxygens (including phenoxy) is 18. The summed E-state index contributed by atoms with van der Waals surface area (Å²) in [6, 6.07) is 0. The van der Waals surface area contributed by atoms with E-state index in [2.05, 4.69) is 12.6 Å². The molecule has 0 aliphatic carbocycles. The van der Waals surface area contributed by atoms with Gasteiger partial charge in [0.25, 0.3) is 5.91 Å². The molecule has 2 unspecified atom stereocenters. The van der Waals surface area contributed by atoms with Crippen molar-refractivity contribution in [2.75, 3.05) is 177 Å². The second-order valence-corrected chi connectivity index (χ2v) is 21.9. The zero-order valence-electron chi connectivity index (χ0n) is 48.9. The Balaban J connectivity index is 1.11. The molecule has 4 aliphatic rings. The van der Waals surface area contributed by atoms with E-state index in [1.807, 2.05) is 0 Å². The van der Waals surface area contributed by atoms with E-state index >= 15 is 0 Å². The molecule has 4 fully saturated rings. The molecule has 4 saturated heterocycles.